The maximum atomic E-state index is 6.51. The van der Waals surface area contributed by atoms with Crippen LogP contribution in [0.3, 0.4) is 0 Å². The minimum Gasteiger partial charge on any atom is -0.457 e. The van der Waals surface area contributed by atoms with Gasteiger partial charge in [-0.1, -0.05) is 112 Å². The molecule has 0 spiro atoms. The summed E-state index contributed by atoms with van der Waals surface area (Å²) in [5, 5.41) is 8.22. The smallest absolute Gasteiger partial charge is 0.188 e. The summed E-state index contributed by atoms with van der Waals surface area (Å²) >= 11 is 10.2. The van der Waals surface area contributed by atoms with E-state index in [9.17, 15) is 0 Å². The molecule has 0 fully saturated rings. The molecule has 41 heavy (non-hydrogen) atoms. The van der Waals surface area contributed by atoms with Gasteiger partial charge in [-0.2, -0.15) is 0 Å². The van der Waals surface area contributed by atoms with Crippen molar-refractivity contribution < 1.29 is 4.74 Å². The molecular weight excluding hydrogens is 606 g/mol. The van der Waals surface area contributed by atoms with Crippen LogP contribution in [0.15, 0.2) is 144 Å². The van der Waals surface area contributed by atoms with Crippen molar-refractivity contribution in [1.82, 2.24) is 4.57 Å². The molecule has 0 N–H and O–H groups in total. The first-order chi connectivity index (χ1) is 20.1. The second-order valence-corrected chi connectivity index (χ2v) is 15.5. The second-order valence-electron chi connectivity index (χ2n) is 10.4. The summed E-state index contributed by atoms with van der Waals surface area (Å²) in [4.78, 5) is 0. The van der Waals surface area contributed by atoms with Crippen LogP contribution in [0, 0.1) is 0 Å². The van der Waals surface area contributed by atoms with Gasteiger partial charge in [0.25, 0.3) is 0 Å². The van der Waals surface area contributed by atoms with Crippen molar-refractivity contribution in [2.75, 3.05) is 0 Å². The number of hydrogen-bond donors (Lipinski definition) is 0. The Hall–Kier alpha value is -4.09. The third-order valence-corrected chi connectivity index (χ3v) is 13.9. The number of halogens is 2. The van der Waals surface area contributed by atoms with E-state index < -0.39 is 8.07 Å². The molecule has 0 aliphatic carbocycles. The normalized spacial score (nSPS) is 15.9. The van der Waals surface area contributed by atoms with Gasteiger partial charge in [0.15, 0.2) is 8.07 Å². The Bertz CT molecular complexity index is 2050. The lowest BCUT2D eigenvalue weighted by Crippen LogP contribution is -2.76. The monoisotopic (exact) mass is 627 g/mol. The van der Waals surface area contributed by atoms with E-state index in [0.717, 1.165) is 21.7 Å². The van der Waals surface area contributed by atoms with Crippen LogP contribution in [0.4, 0.5) is 0 Å². The summed E-state index contributed by atoms with van der Waals surface area (Å²) in [5.41, 5.74) is 3.55. The molecule has 1 unspecified atom stereocenters. The Morgan fingerprint density at radius 3 is 1.80 bits per heavy atom. The van der Waals surface area contributed by atoms with E-state index >= 15 is 0 Å². The number of ether oxygens (including phenoxy) is 1. The number of fused-ring (bicyclic) bond motifs is 5. The average Bonchev–Trinajstić information content (AvgIpc) is 3.35. The number of rotatable bonds is 3. The summed E-state index contributed by atoms with van der Waals surface area (Å²) in [5.74, 6) is 1.72. The lowest BCUT2D eigenvalue weighted by atomic mass is 10.2. The maximum Gasteiger partial charge on any atom is 0.188 e. The predicted molar refractivity (Wildman–Crippen MR) is 177 cm³/mol. The van der Waals surface area contributed by atoms with Crippen molar-refractivity contribution in [3.63, 3.8) is 0 Å². The van der Waals surface area contributed by atoms with Crippen LogP contribution in [0.25, 0.3) is 27.5 Å². The first-order valence-corrected chi connectivity index (χ1v) is 16.7. The molecule has 2 nitrogen and oxygen atoms in total. The maximum absolute atomic E-state index is 6.51. The largest absolute Gasteiger partial charge is 0.457 e. The molecule has 0 radical (unpaired) electrons. The summed E-state index contributed by atoms with van der Waals surface area (Å²) in [7, 11) is -2.75. The fourth-order valence-electron chi connectivity index (χ4n) is 6.57. The predicted octanol–water partition coefficient (Wildman–Crippen LogP) is 7.68. The Morgan fingerprint density at radius 1 is 0.561 bits per heavy atom. The van der Waals surface area contributed by atoms with Crippen LogP contribution in [0.1, 0.15) is 0 Å². The zero-order valence-corrected chi connectivity index (χ0v) is 25.2. The first kappa shape index (κ1) is 24.7. The molecule has 2 heterocycles. The van der Waals surface area contributed by atoms with E-state index in [2.05, 4.69) is 142 Å². The van der Waals surface area contributed by atoms with Gasteiger partial charge in [0, 0.05) is 26.0 Å². The van der Waals surface area contributed by atoms with Gasteiger partial charge in [0.1, 0.15) is 11.5 Å². The standard InChI is InChI=1S/C36H23BrClNOSi/c37-24-13-18-27(19-14-24)41(35-12-6-5-11-33(35)40-34-23-25(38)15-22-36(34)41)28-20-16-26(17-21-28)39-31-9-3-1-7-29(31)30-8-2-4-10-32(30)39/h1-23H. The SMILES string of the molecule is Clc1ccc2c(c1)Oc1ccccc1[Si]2(c1ccc(Br)cc1)c1ccc(-n2c3ccccc3c3ccccc32)cc1. The van der Waals surface area contributed by atoms with Crippen molar-refractivity contribution in [2.45, 2.75) is 0 Å². The second kappa shape index (κ2) is 9.49. The number of aromatic nitrogens is 1. The topological polar surface area (TPSA) is 14.2 Å². The van der Waals surface area contributed by atoms with Crippen molar-refractivity contribution in [1.29, 1.82) is 0 Å². The van der Waals surface area contributed by atoms with Crippen LogP contribution < -0.4 is 25.5 Å². The van der Waals surface area contributed by atoms with Crippen LogP contribution in [-0.2, 0) is 0 Å². The molecule has 0 saturated carbocycles. The van der Waals surface area contributed by atoms with E-state index in [0.29, 0.717) is 5.02 Å². The highest BCUT2D eigenvalue weighted by molar-refractivity contribution is 9.10. The minimum absolute atomic E-state index is 0.670. The van der Waals surface area contributed by atoms with Gasteiger partial charge in [-0.3, -0.25) is 0 Å². The molecule has 196 valence electrons. The van der Waals surface area contributed by atoms with Crippen LogP contribution in [-0.4, -0.2) is 12.6 Å². The molecule has 1 aliphatic rings. The molecule has 6 aromatic carbocycles. The van der Waals surface area contributed by atoms with E-state index in [-0.39, 0.29) is 0 Å². The Labute approximate surface area is 252 Å². The van der Waals surface area contributed by atoms with E-state index in [4.69, 9.17) is 16.3 Å². The zero-order valence-electron chi connectivity index (χ0n) is 21.9. The number of nitrogens with zero attached hydrogens (tertiary/aromatic N) is 1. The van der Waals surface area contributed by atoms with E-state index in [1.165, 1.54) is 42.6 Å². The molecule has 0 bridgehead atoms. The van der Waals surface area contributed by atoms with Crippen LogP contribution in [0.2, 0.25) is 5.02 Å². The molecule has 0 amide bonds. The van der Waals surface area contributed by atoms with Gasteiger partial charge in [-0.15, -0.1) is 0 Å². The van der Waals surface area contributed by atoms with Gasteiger partial charge >= 0.3 is 0 Å². The van der Waals surface area contributed by atoms with Gasteiger partial charge in [-0.05, 0) is 75.3 Å². The summed E-state index contributed by atoms with van der Waals surface area (Å²) < 4.78 is 9.92. The summed E-state index contributed by atoms with van der Waals surface area (Å²) in [6.45, 7) is 0. The Morgan fingerprint density at radius 2 is 1.12 bits per heavy atom. The number of benzene rings is 6. The lowest BCUT2D eigenvalue weighted by Gasteiger charge is -2.39. The molecule has 8 rings (SSSR count). The third-order valence-electron chi connectivity index (χ3n) is 8.27. The van der Waals surface area contributed by atoms with E-state index in [1.54, 1.807) is 0 Å². The van der Waals surface area contributed by atoms with Gasteiger partial charge in [0.05, 0.1) is 11.0 Å². The molecule has 0 saturated heterocycles. The summed E-state index contributed by atoms with van der Waals surface area (Å²) in [6, 6.07) is 49.9. The zero-order chi connectivity index (χ0) is 27.6. The molecule has 1 aliphatic heterocycles. The van der Waals surface area contributed by atoms with Crippen LogP contribution in [0.5, 0.6) is 11.5 Å². The van der Waals surface area contributed by atoms with Crippen molar-refractivity contribution in [3.05, 3.63) is 149 Å². The van der Waals surface area contributed by atoms with E-state index in [1.807, 2.05) is 18.2 Å². The highest BCUT2D eigenvalue weighted by Crippen LogP contribution is 2.33. The lowest BCUT2D eigenvalue weighted by molar-refractivity contribution is 0.487. The fraction of sp³-hybridized carbons (Fsp3) is 0. The average molecular weight is 629 g/mol. The van der Waals surface area contributed by atoms with Gasteiger partial charge in [0.2, 0.25) is 0 Å². The molecule has 7 aromatic rings. The molecule has 1 aromatic heterocycles. The fourth-order valence-corrected chi connectivity index (χ4v) is 11.9. The molecule has 1 atom stereocenters. The third kappa shape index (κ3) is 3.68. The highest BCUT2D eigenvalue weighted by Gasteiger charge is 2.48. The van der Waals surface area contributed by atoms with Gasteiger partial charge < -0.3 is 9.30 Å². The van der Waals surface area contributed by atoms with Gasteiger partial charge in [-0.25, -0.2) is 0 Å². The molecular formula is C36H23BrClNOSi. The summed E-state index contributed by atoms with van der Waals surface area (Å²) in [6.07, 6.45) is 0. The Kier molecular flexibility index (Phi) is 5.71. The quantitative estimate of drug-likeness (QED) is 0.183. The Balaban J connectivity index is 1.41. The number of para-hydroxylation sites is 3. The van der Waals surface area contributed by atoms with Crippen LogP contribution >= 0.6 is 27.5 Å². The van der Waals surface area contributed by atoms with Crippen molar-refractivity contribution in [2.24, 2.45) is 0 Å². The minimum atomic E-state index is -2.75. The molecule has 5 heteroatoms. The van der Waals surface area contributed by atoms with Crippen molar-refractivity contribution in [3.8, 4) is 17.2 Å². The van der Waals surface area contributed by atoms with Crippen molar-refractivity contribution >= 4 is 78.2 Å². The number of hydrogen-bond acceptors (Lipinski definition) is 1. The highest BCUT2D eigenvalue weighted by atomic mass is 79.9. The first-order valence-electron chi connectivity index (χ1n) is 13.6.